The molecule has 17 heavy (non-hydrogen) atoms. The Morgan fingerprint density at radius 2 is 1.82 bits per heavy atom. The van der Waals surface area contributed by atoms with Gasteiger partial charge < -0.3 is 11.1 Å². The highest BCUT2D eigenvalue weighted by Gasteiger charge is 2.03. The first-order valence-electron chi connectivity index (χ1n) is 5.46. The number of anilines is 3. The van der Waals surface area contributed by atoms with E-state index in [1.54, 1.807) is 6.07 Å². The zero-order valence-corrected chi connectivity index (χ0v) is 10.7. The van der Waals surface area contributed by atoms with Gasteiger partial charge in [-0.3, -0.25) is 0 Å². The van der Waals surface area contributed by atoms with E-state index in [1.165, 1.54) is 11.1 Å². The minimum absolute atomic E-state index is 0.568. The summed E-state index contributed by atoms with van der Waals surface area (Å²) in [4.78, 5) is 0. The van der Waals surface area contributed by atoms with Crippen LogP contribution in [-0.4, -0.2) is 0 Å². The third-order valence-electron chi connectivity index (χ3n) is 2.84. The lowest BCUT2D eigenvalue weighted by Crippen LogP contribution is -1.97. The lowest BCUT2D eigenvalue weighted by atomic mass is 10.1. The fourth-order valence-corrected chi connectivity index (χ4v) is 1.80. The Hall–Kier alpha value is -1.67. The molecule has 0 spiro atoms. The van der Waals surface area contributed by atoms with Gasteiger partial charge in [-0.1, -0.05) is 23.7 Å². The number of nitrogens with two attached hydrogens (primary N) is 1. The summed E-state index contributed by atoms with van der Waals surface area (Å²) in [5.41, 5.74) is 10.8. The SMILES string of the molecule is Cc1ccc(Nc2cccc(Cl)c2N)cc1C. The molecule has 0 aliphatic heterocycles. The van der Waals surface area contributed by atoms with Gasteiger partial charge in [-0.2, -0.15) is 0 Å². The summed E-state index contributed by atoms with van der Waals surface area (Å²) < 4.78 is 0. The molecule has 0 heterocycles. The molecule has 3 heteroatoms. The van der Waals surface area contributed by atoms with E-state index in [2.05, 4.69) is 31.3 Å². The summed E-state index contributed by atoms with van der Waals surface area (Å²) >= 11 is 5.97. The molecule has 2 nitrogen and oxygen atoms in total. The van der Waals surface area contributed by atoms with Crippen molar-refractivity contribution in [3.05, 3.63) is 52.5 Å². The van der Waals surface area contributed by atoms with Gasteiger partial charge in [0, 0.05) is 5.69 Å². The highest BCUT2D eigenvalue weighted by atomic mass is 35.5. The zero-order valence-electron chi connectivity index (χ0n) is 9.92. The Morgan fingerprint density at radius 3 is 2.53 bits per heavy atom. The molecule has 0 radical (unpaired) electrons. The summed E-state index contributed by atoms with van der Waals surface area (Å²) in [7, 11) is 0. The third kappa shape index (κ3) is 2.53. The fourth-order valence-electron chi connectivity index (χ4n) is 1.62. The zero-order chi connectivity index (χ0) is 12.4. The van der Waals surface area contributed by atoms with E-state index in [4.69, 9.17) is 17.3 Å². The van der Waals surface area contributed by atoms with Crippen LogP contribution < -0.4 is 11.1 Å². The van der Waals surface area contributed by atoms with Crippen molar-refractivity contribution in [3.8, 4) is 0 Å². The molecule has 0 saturated heterocycles. The number of nitrogen functional groups attached to an aromatic ring is 1. The maximum atomic E-state index is 5.97. The first-order chi connectivity index (χ1) is 8.08. The second kappa shape index (κ2) is 4.68. The van der Waals surface area contributed by atoms with Crippen molar-refractivity contribution in [1.29, 1.82) is 0 Å². The lowest BCUT2D eigenvalue weighted by molar-refractivity contribution is 1.34. The van der Waals surface area contributed by atoms with Crippen LogP contribution in [0, 0.1) is 13.8 Å². The van der Waals surface area contributed by atoms with Gasteiger partial charge in [-0.15, -0.1) is 0 Å². The van der Waals surface area contributed by atoms with Crippen molar-refractivity contribution < 1.29 is 0 Å². The molecule has 0 aliphatic carbocycles. The van der Waals surface area contributed by atoms with E-state index in [0.29, 0.717) is 10.7 Å². The lowest BCUT2D eigenvalue weighted by Gasteiger charge is -2.11. The van der Waals surface area contributed by atoms with Crippen molar-refractivity contribution in [3.63, 3.8) is 0 Å². The smallest absolute Gasteiger partial charge is 0.0742 e. The molecule has 3 N–H and O–H groups in total. The van der Waals surface area contributed by atoms with Crippen molar-refractivity contribution in [2.45, 2.75) is 13.8 Å². The normalized spacial score (nSPS) is 10.3. The van der Waals surface area contributed by atoms with Crippen LogP contribution in [0.5, 0.6) is 0 Å². The summed E-state index contributed by atoms with van der Waals surface area (Å²) in [6, 6.07) is 11.8. The van der Waals surface area contributed by atoms with E-state index < -0.39 is 0 Å². The summed E-state index contributed by atoms with van der Waals surface area (Å²) in [6.07, 6.45) is 0. The van der Waals surface area contributed by atoms with Gasteiger partial charge in [-0.25, -0.2) is 0 Å². The van der Waals surface area contributed by atoms with Crippen molar-refractivity contribution in [1.82, 2.24) is 0 Å². The van der Waals surface area contributed by atoms with Crippen LogP contribution in [-0.2, 0) is 0 Å². The molecular formula is C14H15ClN2. The van der Waals surface area contributed by atoms with Crippen LogP contribution >= 0.6 is 11.6 Å². The molecule has 0 saturated carbocycles. The van der Waals surface area contributed by atoms with Crippen LogP contribution in [0.1, 0.15) is 11.1 Å². The maximum absolute atomic E-state index is 5.97. The summed E-state index contributed by atoms with van der Waals surface area (Å²) in [5.74, 6) is 0. The van der Waals surface area contributed by atoms with E-state index in [0.717, 1.165) is 11.4 Å². The van der Waals surface area contributed by atoms with E-state index in [1.807, 2.05) is 18.2 Å². The molecule has 2 aromatic rings. The Balaban J connectivity index is 2.31. The predicted octanol–water partition coefficient (Wildman–Crippen LogP) is 4.28. The Morgan fingerprint density at radius 1 is 1.06 bits per heavy atom. The van der Waals surface area contributed by atoms with Crippen LogP contribution in [0.2, 0.25) is 5.02 Å². The predicted molar refractivity (Wildman–Crippen MR) is 75.1 cm³/mol. The number of para-hydroxylation sites is 1. The molecule has 0 unspecified atom stereocenters. The molecule has 0 aromatic heterocycles. The van der Waals surface area contributed by atoms with Crippen LogP contribution in [0.4, 0.5) is 17.1 Å². The highest BCUT2D eigenvalue weighted by molar-refractivity contribution is 6.33. The first-order valence-corrected chi connectivity index (χ1v) is 5.84. The van der Waals surface area contributed by atoms with Gasteiger partial charge in [0.05, 0.1) is 16.4 Å². The number of benzene rings is 2. The van der Waals surface area contributed by atoms with Gasteiger partial charge >= 0.3 is 0 Å². The standard InChI is InChI=1S/C14H15ClN2/c1-9-6-7-11(8-10(9)2)17-13-5-3-4-12(15)14(13)16/h3-8,17H,16H2,1-2H3. The number of rotatable bonds is 2. The minimum atomic E-state index is 0.568. The molecule has 0 fully saturated rings. The van der Waals surface area contributed by atoms with Crippen molar-refractivity contribution in [2.75, 3.05) is 11.1 Å². The molecule has 88 valence electrons. The highest BCUT2D eigenvalue weighted by Crippen LogP contribution is 2.29. The quantitative estimate of drug-likeness (QED) is 0.776. The maximum Gasteiger partial charge on any atom is 0.0742 e. The van der Waals surface area contributed by atoms with Crippen LogP contribution in [0.15, 0.2) is 36.4 Å². The molecule has 0 amide bonds. The summed E-state index contributed by atoms with van der Waals surface area (Å²) in [5, 5.41) is 3.84. The summed E-state index contributed by atoms with van der Waals surface area (Å²) in [6.45, 7) is 4.18. The second-order valence-corrected chi connectivity index (χ2v) is 4.53. The molecule has 2 aromatic carbocycles. The number of aryl methyl sites for hydroxylation is 2. The van der Waals surface area contributed by atoms with Gasteiger partial charge in [0.2, 0.25) is 0 Å². The molecule has 0 atom stereocenters. The fraction of sp³-hybridized carbons (Fsp3) is 0.143. The van der Waals surface area contributed by atoms with Gasteiger partial charge in [0.1, 0.15) is 0 Å². The molecule has 0 bridgehead atoms. The average molecular weight is 247 g/mol. The third-order valence-corrected chi connectivity index (χ3v) is 3.17. The van der Waals surface area contributed by atoms with E-state index in [9.17, 15) is 0 Å². The molecule has 2 rings (SSSR count). The minimum Gasteiger partial charge on any atom is -0.396 e. The van der Waals surface area contributed by atoms with Crippen LogP contribution in [0.3, 0.4) is 0 Å². The molecule has 0 aliphatic rings. The van der Waals surface area contributed by atoms with E-state index in [-0.39, 0.29) is 0 Å². The number of halogens is 1. The Kier molecular flexibility index (Phi) is 3.25. The topological polar surface area (TPSA) is 38.0 Å². The number of hydrogen-bond acceptors (Lipinski definition) is 2. The van der Waals surface area contributed by atoms with Crippen LogP contribution in [0.25, 0.3) is 0 Å². The molecular weight excluding hydrogens is 232 g/mol. The van der Waals surface area contributed by atoms with Crippen molar-refractivity contribution in [2.24, 2.45) is 0 Å². The monoisotopic (exact) mass is 246 g/mol. The van der Waals surface area contributed by atoms with Gasteiger partial charge in [0.15, 0.2) is 0 Å². The van der Waals surface area contributed by atoms with Gasteiger partial charge in [0.25, 0.3) is 0 Å². The average Bonchev–Trinajstić information content (AvgIpc) is 2.30. The Bertz CT molecular complexity index is 550. The largest absolute Gasteiger partial charge is 0.396 e. The van der Waals surface area contributed by atoms with E-state index >= 15 is 0 Å². The first kappa shape index (κ1) is 11.8. The van der Waals surface area contributed by atoms with Gasteiger partial charge in [-0.05, 0) is 49.2 Å². The number of nitrogens with one attached hydrogen (secondary N) is 1. The Labute approximate surface area is 106 Å². The second-order valence-electron chi connectivity index (χ2n) is 4.13. The van der Waals surface area contributed by atoms with Crippen molar-refractivity contribution >= 4 is 28.7 Å². The number of hydrogen-bond donors (Lipinski definition) is 2.